The first kappa shape index (κ1) is 42.1. The van der Waals surface area contributed by atoms with Crippen molar-refractivity contribution in [2.75, 3.05) is 4.81 Å². The second-order valence-electron chi connectivity index (χ2n) is 25.4. The Morgan fingerprint density at radius 1 is 0.471 bits per heavy atom. The maximum Gasteiger partial charge on any atom is 0.333 e. The maximum absolute atomic E-state index is 6.89. The van der Waals surface area contributed by atoms with Crippen molar-refractivity contribution in [3.05, 3.63) is 172 Å². The topological polar surface area (TPSA) is 21.3 Å². The van der Waals surface area contributed by atoms with Crippen molar-refractivity contribution in [1.29, 1.82) is 0 Å². The van der Waals surface area contributed by atoms with Gasteiger partial charge in [0.2, 0.25) is 0 Å². The summed E-state index contributed by atoms with van der Waals surface area (Å²) >= 11 is 0. The Morgan fingerprint density at radius 3 is 1.87 bits per heavy atom. The number of rotatable bonds is 1. The third-order valence-corrected chi connectivity index (χ3v) is 17.4. The maximum atomic E-state index is 6.89. The van der Waals surface area contributed by atoms with Crippen LogP contribution in [0, 0.1) is 0 Å². The second-order valence-corrected chi connectivity index (χ2v) is 25.4. The van der Waals surface area contributed by atoms with E-state index in [1.807, 2.05) is 0 Å². The summed E-state index contributed by atoms with van der Waals surface area (Å²) in [6, 6.07) is 52.3. The van der Waals surface area contributed by atoms with Crippen molar-refractivity contribution in [1.82, 2.24) is 4.57 Å². The third kappa shape index (κ3) is 5.27. The van der Waals surface area contributed by atoms with Gasteiger partial charge in [-0.3, -0.25) is 0 Å². The zero-order valence-electron chi connectivity index (χ0n) is 43.1. The summed E-state index contributed by atoms with van der Waals surface area (Å²) in [6.07, 6.45) is 0. The molecule has 344 valence electrons. The molecule has 2 aliphatic heterocycles. The van der Waals surface area contributed by atoms with Crippen molar-refractivity contribution in [3.8, 4) is 39.1 Å². The molecule has 14 rings (SSSR count). The van der Waals surface area contributed by atoms with Crippen molar-refractivity contribution in [2.45, 2.75) is 117 Å². The summed E-state index contributed by atoms with van der Waals surface area (Å²) in [7, 11) is 0. The largest absolute Gasteiger partial charge is 0.456 e. The number of fused-ring (bicyclic) bond motifs is 19. The second kappa shape index (κ2) is 13.1. The molecular weight excluding hydrogens is 848 g/mol. The van der Waals surface area contributed by atoms with Gasteiger partial charge in [-0.05, 0) is 149 Å². The average Bonchev–Trinajstić information content (AvgIpc) is 3.99. The molecule has 8 aromatic carbocycles. The van der Waals surface area contributed by atoms with Gasteiger partial charge in [-0.15, -0.1) is 0 Å². The Balaban J connectivity index is 1.21. The number of furan rings is 1. The fourth-order valence-corrected chi connectivity index (χ4v) is 13.6. The molecule has 2 aromatic heterocycles. The minimum absolute atomic E-state index is 0.0119. The van der Waals surface area contributed by atoms with Crippen LogP contribution in [0.3, 0.4) is 0 Å². The summed E-state index contributed by atoms with van der Waals surface area (Å²) < 4.78 is 9.55. The van der Waals surface area contributed by atoms with E-state index in [4.69, 9.17) is 4.42 Å². The van der Waals surface area contributed by atoms with Crippen LogP contribution in [0.5, 0.6) is 0 Å². The van der Waals surface area contributed by atoms with E-state index in [9.17, 15) is 0 Å². The monoisotopic (exact) mass is 908 g/mol. The normalized spacial score (nSPS) is 16.0. The van der Waals surface area contributed by atoms with E-state index < -0.39 is 0 Å². The first-order valence-electron chi connectivity index (χ1n) is 25.6. The Kier molecular flexibility index (Phi) is 7.91. The van der Waals surface area contributed by atoms with Gasteiger partial charge in [0.25, 0.3) is 0 Å². The van der Waals surface area contributed by atoms with E-state index >= 15 is 0 Å². The van der Waals surface area contributed by atoms with Crippen LogP contribution < -0.4 is 15.7 Å². The van der Waals surface area contributed by atoms with Gasteiger partial charge >= 0.3 is 6.85 Å². The highest BCUT2D eigenvalue weighted by Crippen LogP contribution is 2.61. The smallest absolute Gasteiger partial charge is 0.333 e. The van der Waals surface area contributed by atoms with Crippen LogP contribution >= 0.6 is 0 Å². The number of hydrogen-bond donors (Lipinski definition) is 0. The minimum Gasteiger partial charge on any atom is -0.456 e. The molecule has 0 N–H and O–H groups in total. The zero-order chi connectivity index (χ0) is 48.5. The molecule has 0 unspecified atom stereocenters. The molecule has 10 aromatic rings. The van der Waals surface area contributed by atoms with Gasteiger partial charge in [0.05, 0.1) is 11.0 Å². The van der Waals surface area contributed by atoms with Crippen molar-refractivity contribution in [3.63, 3.8) is 0 Å². The van der Waals surface area contributed by atoms with Crippen LogP contribution in [0.1, 0.15) is 129 Å². The average molecular weight is 909 g/mol. The standard InChI is InChI=1S/C66H61BN2O/c1-62(2,3)36-22-26-39(27-23-36)69-52-34-49-43(40-28-24-38(64(7,8)9)31-48(40)65(49,10)11)32-46(52)58-59-56(42-19-14-16-20-47(42)66(59,12)13)57-45-30-37(63(4,5)6)25-29-51(45)68-53-33-44-41-18-15-17-21-54(41)70-55(44)35-50(53)67(69)60(58)61(57)68/h14-35H,1-13H3. The molecule has 0 atom stereocenters. The molecule has 0 spiro atoms. The number of para-hydroxylation sites is 1. The zero-order valence-corrected chi connectivity index (χ0v) is 43.1. The lowest BCUT2D eigenvalue weighted by molar-refractivity contribution is 0.584. The minimum atomic E-state index is -0.291. The number of aromatic nitrogens is 1. The highest BCUT2D eigenvalue weighted by atomic mass is 16.3. The number of hydrogen-bond acceptors (Lipinski definition) is 2. The van der Waals surface area contributed by atoms with Crippen LogP contribution in [-0.4, -0.2) is 11.4 Å². The van der Waals surface area contributed by atoms with Gasteiger partial charge in [0, 0.05) is 55.0 Å². The number of nitrogens with zero attached hydrogens (tertiary/aromatic N) is 2. The molecule has 0 saturated carbocycles. The van der Waals surface area contributed by atoms with E-state index in [1.165, 1.54) is 122 Å². The van der Waals surface area contributed by atoms with E-state index in [1.54, 1.807) is 0 Å². The number of anilines is 2. The van der Waals surface area contributed by atoms with E-state index in [0.717, 1.165) is 21.9 Å². The SMILES string of the molecule is CC(C)(C)c1ccc(N2B3c4cc5oc6ccccc6c5cc4-n4c5ccc(C(C)(C)C)cc5c5c6c(c(c3c54)-c3cc4c(cc32)C(C)(C)c2cc(C(C)(C)C)ccc2-4)C(C)(C)c2ccccc2-6)cc1. The molecule has 70 heavy (non-hydrogen) atoms. The van der Waals surface area contributed by atoms with Gasteiger partial charge in [0.1, 0.15) is 11.2 Å². The van der Waals surface area contributed by atoms with E-state index in [2.05, 4.69) is 233 Å². The summed E-state index contributed by atoms with van der Waals surface area (Å²) in [5.41, 5.74) is 28.1. The lowest BCUT2D eigenvalue weighted by Gasteiger charge is -2.44. The summed E-state index contributed by atoms with van der Waals surface area (Å²) in [4.78, 5) is 2.74. The van der Waals surface area contributed by atoms with Crippen molar-refractivity contribution < 1.29 is 4.42 Å². The van der Waals surface area contributed by atoms with Crippen LogP contribution in [0.15, 0.2) is 138 Å². The molecule has 0 bridgehead atoms. The summed E-state index contributed by atoms with van der Waals surface area (Å²) in [5, 5.41) is 4.99. The number of benzene rings is 8. The molecule has 0 saturated heterocycles. The Bertz CT molecular complexity index is 4000. The third-order valence-electron chi connectivity index (χ3n) is 17.4. The fourth-order valence-electron chi connectivity index (χ4n) is 13.6. The predicted molar refractivity (Wildman–Crippen MR) is 298 cm³/mol. The summed E-state index contributed by atoms with van der Waals surface area (Å²) in [5.74, 6) is 0. The van der Waals surface area contributed by atoms with Gasteiger partial charge in [-0.1, -0.05) is 169 Å². The van der Waals surface area contributed by atoms with Gasteiger partial charge in [0.15, 0.2) is 0 Å². The highest BCUT2D eigenvalue weighted by molar-refractivity contribution is 6.94. The molecule has 4 heterocycles. The van der Waals surface area contributed by atoms with Crippen molar-refractivity contribution in [2.24, 2.45) is 0 Å². The Morgan fingerprint density at radius 2 is 1.13 bits per heavy atom. The van der Waals surface area contributed by atoms with Crippen LogP contribution in [-0.2, 0) is 27.1 Å². The summed E-state index contributed by atoms with van der Waals surface area (Å²) in [6.45, 7) is 30.8. The first-order valence-corrected chi connectivity index (χ1v) is 25.6. The lowest BCUT2D eigenvalue weighted by Crippen LogP contribution is -2.61. The molecular formula is C66H61BN2O. The van der Waals surface area contributed by atoms with Gasteiger partial charge in [-0.2, -0.15) is 0 Å². The van der Waals surface area contributed by atoms with Crippen molar-refractivity contribution >= 4 is 72.9 Å². The molecule has 4 aliphatic rings. The quantitative estimate of drug-likeness (QED) is 0.153. The predicted octanol–water partition coefficient (Wildman–Crippen LogP) is 16.4. The molecule has 0 fully saturated rings. The first-order chi connectivity index (χ1) is 33.1. The van der Waals surface area contributed by atoms with E-state index in [0.29, 0.717) is 0 Å². The molecule has 2 aliphatic carbocycles. The molecule has 3 nitrogen and oxygen atoms in total. The van der Waals surface area contributed by atoms with Gasteiger partial charge in [-0.25, -0.2) is 0 Å². The van der Waals surface area contributed by atoms with Gasteiger partial charge < -0.3 is 13.8 Å². The van der Waals surface area contributed by atoms with Crippen LogP contribution in [0.4, 0.5) is 11.4 Å². The van der Waals surface area contributed by atoms with Crippen LogP contribution in [0.2, 0.25) is 0 Å². The Labute approximate surface area is 413 Å². The highest BCUT2D eigenvalue weighted by Gasteiger charge is 2.51. The van der Waals surface area contributed by atoms with E-state index in [-0.39, 0.29) is 33.9 Å². The van der Waals surface area contributed by atoms with Crippen LogP contribution in [0.25, 0.3) is 82.8 Å². The molecule has 0 radical (unpaired) electrons. The molecule has 0 amide bonds. The Hall–Kier alpha value is -6.78. The molecule has 4 heteroatoms. The lowest BCUT2D eigenvalue weighted by atomic mass is 9.43. The fraction of sp³-hybridized carbons (Fsp3) is 0.273.